The second-order valence-corrected chi connectivity index (χ2v) is 25.4. The summed E-state index contributed by atoms with van der Waals surface area (Å²) in [5.74, 6) is -4.83. The molecule has 10 bridgehead atoms. The summed E-state index contributed by atoms with van der Waals surface area (Å²) in [5.41, 5.74) is 14.1. The van der Waals surface area contributed by atoms with Crippen LogP contribution in [0.15, 0.2) is 93.6 Å². The first-order chi connectivity index (χ1) is 41.4. The highest BCUT2D eigenvalue weighted by molar-refractivity contribution is 7.15. The Bertz CT molecular complexity index is 4070. The molecule has 9 heterocycles. The molecular formula is C56H50N14O10S6. The molecule has 0 spiro atoms. The van der Waals surface area contributed by atoms with Crippen molar-refractivity contribution < 1.29 is 48.5 Å². The molecule has 2 aliphatic rings. The number of aromatic nitrogens is 7. The second kappa shape index (κ2) is 25.0. The molecule has 7 aromatic heterocycles. The van der Waals surface area contributed by atoms with Gasteiger partial charge in [0.25, 0.3) is 23.6 Å². The minimum absolute atomic E-state index is 0.0179. The molecule has 11 rings (SSSR count). The maximum Gasteiger partial charge on any atom is 0.407 e. The molecule has 2 aromatic carbocycles. The fourth-order valence-electron chi connectivity index (χ4n) is 9.76. The Morgan fingerprint density at radius 3 is 2.08 bits per heavy atom. The Hall–Kier alpha value is -8.78. The van der Waals surface area contributed by atoms with Crippen LogP contribution in [-0.4, -0.2) is 117 Å². The number of benzene rings is 2. The van der Waals surface area contributed by atoms with E-state index in [4.69, 9.17) is 36.1 Å². The Labute approximate surface area is 512 Å². The SMILES string of the molecule is CCNC(=O)O[C@H]1CN2C(=O)C(Cc3ccc(O)cc3)NC(=O)c3csc(n3)[C@H]([C@H](O)c3ccccc3)NC(=O)c3nc(sc3C)[C@H](CC(N)=O)NC(=O)c3csc(n3)-c3ccc(-c4nc(C(N)=O)cs4)nc3-c3csc(n3)-c3csc(n3)[C@@H]2[C@H]1C. The van der Waals surface area contributed by atoms with Crippen LogP contribution in [0.25, 0.3) is 43.4 Å². The first-order valence-corrected chi connectivity index (χ1v) is 31.6. The second-order valence-electron chi connectivity index (χ2n) is 19.8. The van der Waals surface area contributed by atoms with Gasteiger partial charge in [-0.15, -0.1) is 68.0 Å². The topological polar surface area (TPSA) is 363 Å². The van der Waals surface area contributed by atoms with Crippen LogP contribution in [0, 0.1) is 12.8 Å². The molecule has 1 saturated heterocycles. The Balaban J connectivity index is 1.03. The highest BCUT2D eigenvalue weighted by atomic mass is 32.1. The highest BCUT2D eigenvalue weighted by Crippen LogP contribution is 2.44. The van der Waals surface area contributed by atoms with E-state index in [1.54, 1.807) is 79.2 Å². The number of carbonyl (C=O) groups excluding carboxylic acids is 7. The molecule has 1 unspecified atom stereocenters. The molecule has 1 fully saturated rings. The zero-order chi connectivity index (χ0) is 60.5. The lowest BCUT2D eigenvalue weighted by atomic mass is 10.00. The van der Waals surface area contributed by atoms with E-state index in [1.807, 2.05) is 6.92 Å². The summed E-state index contributed by atoms with van der Waals surface area (Å²) >= 11 is 6.83. The maximum atomic E-state index is 15.5. The maximum absolute atomic E-state index is 15.5. The van der Waals surface area contributed by atoms with E-state index in [9.17, 15) is 39.0 Å². The minimum Gasteiger partial charge on any atom is -0.508 e. The van der Waals surface area contributed by atoms with Gasteiger partial charge in [-0.2, -0.15) is 0 Å². The van der Waals surface area contributed by atoms with Gasteiger partial charge < -0.3 is 52.6 Å². The van der Waals surface area contributed by atoms with Gasteiger partial charge >= 0.3 is 6.09 Å². The minimum atomic E-state index is -1.43. The van der Waals surface area contributed by atoms with Gasteiger partial charge in [0, 0.05) is 56.2 Å². The number of aryl methyl sites for hydroxylation is 1. The number of aliphatic hydroxyl groups is 1. The number of hydrogen-bond donors (Lipinski definition) is 8. The normalized spacial score (nSPS) is 19.4. The third kappa shape index (κ3) is 12.5. The standard InChI is InChI=1S/C56H50N14O10S6/c1-4-59-56(79)80-38-18-70-43(24(38)2)54-67-37(23-85-54)51-63-33(19-82-51)41-29(14-15-30(60-41)50-64-34(20-83-50)45(58)74)49-65-35(21-81-49)46(75)61-31(17-39(57)72)52-69-40(25(3)86-52)48(77)68-42(44(73)27-8-6-5-7-9-27)53-66-36(22-84-53)47(76)62-32(55(70)78)16-26-10-12-28(71)13-11-26/h5-15,19-24,31-32,38,42-44,71,73H,4,16-18H2,1-3H3,(H2,57,72)(H2,58,74)(H,59,79)(H,61,75)(H,62,76)(H,68,77)/t24-,31-,32?,38-,42-,43-,44+/m0/s1. The Kier molecular flexibility index (Phi) is 17.2. The first-order valence-electron chi connectivity index (χ1n) is 26.4. The lowest BCUT2D eigenvalue weighted by Crippen LogP contribution is -2.50. The van der Waals surface area contributed by atoms with E-state index >= 15 is 4.79 Å². The Morgan fingerprint density at radius 2 is 1.35 bits per heavy atom. The summed E-state index contributed by atoms with van der Waals surface area (Å²) < 4.78 is 5.95. The average Bonchev–Trinajstić information content (AvgIpc) is 3.59. The lowest BCUT2D eigenvalue weighted by molar-refractivity contribution is -0.134. The van der Waals surface area contributed by atoms with Crippen molar-refractivity contribution in [2.24, 2.45) is 17.4 Å². The highest BCUT2D eigenvalue weighted by Gasteiger charge is 2.48. The number of nitrogens with zero attached hydrogens (tertiary/aromatic N) is 8. The summed E-state index contributed by atoms with van der Waals surface area (Å²) in [6.07, 6.45) is -3.41. The van der Waals surface area contributed by atoms with E-state index in [0.29, 0.717) is 64.4 Å². The van der Waals surface area contributed by atoms with Crippen molar-refractivity contribution >= 4 is 110 Å². The van der Waals surface area contributed by atoms with Crippen molar-refractivity contribution in [2.45, 2.75) is 70.0 Å². The van der Waals surface area contributed by atoms with Gasteiger partial charge in [0.15, 0.2) is 0 Å². The molecule has 0 saturated carbocycles. The number of alkyl carbamates (subject to hydrolysis) is 1. The van der Waals surface area contributed by atoms with Crippen LogP contribution in [0.5, 0.6) is 5.75 Å². The van der Waals surface area contributed by atoms with Crippen molar-refractivity contribution in [1.29, 1.82) is 0 Å². The molecule has 24 nitrogen and oxygen atoms in total. The van der Waals surface area contributed by atoms with Crippen LogP contribution >= 0.6 is 68.0 Å². The molecule has 440 valence electrons. The van der Waals surface area contributed by atoms with Crippen molar-refractivity contribution in [2.75, 3.05) is 13.1 Å². The van der Waals surface area contributed by atoms with Gasteiger partial charge in [0.1, 0.15) is 99.9 Å². The first kappa shape index (κ1) is 59.0. The number of carbonyl (C=O) groups is 7. The molecule has 0 aliphatic carbocycles. The number of hydrogen-bond acceptors (Lipinski definition) is 23. The summed E-state index contributed by atoms with van der Waals surface area (Å²) in [6, 6.07) is 13.6. The monoisotopic (exact) mass is 1270 g/mol. The van der Waals surface area contributed by atoms with Gasteiger partial charge in [-0.05, 0) is 49.2 Å². The van der Waals surface area contributed by atoms with Crippen LogP contribution in [0.3, 0.4) is 0 Å². The number of phenols is 1. The number of thiazole rings is 6. The number of amides is 7. The lowest BCUT2D eigenvalue weighted by Gasteiger charge is -2.29. The molecule has 9 aromatic rings. The van der Waals surface area contributed by atoms with Crippen molar-refractivity contribution in [3.05, 3.63) is 147 Å². The summed E-state index contributed by atoms with van der Waals surface area (Å²) in [6.45, 7) is 5.41. The van der Waals surface area contributed by atoms with Crippen LogP contribution in [0.4, 0.5) is 4.79 Å². The zero-order valence-corrected chi connectivity index (χ0v) is 50.3. The van der Waals surface area contributed by atoms with Gasteiger partial charge in [0.05, 0.1) is 30.7 Å². The number of nitrogens with two attached hydrogens (primary N) is 2. The summed E-state index contributed by atoms with van der Waals surface area (Å²) in [5, 5.41) is 43.5. The number of aromatic hydroxyl groups is 1. The molecule has 0 radical (unpaired) electrons. The third-order valence-electron chi connectivity index (χ3n) is 14.0. The number of phenolic OH excluding ortho intramolecular Hbond substituents is 1. The number of fused-ring (bicyclic) bond motifs is 16. The van der Waals surface area contributed by atoms with E-state index in [1.165, 1.54) is 55.8 Å². The smallest absolute Gasteiger partial charge is 0.407 e. The number of aliphatic hydroxyl groups excluding tert-OH is 1. The van der Waals surface area contributed by atoms with Crippen LogP contribution in [0.2, 0.25) is 0 Å². The Morgan fingerprint density at radius 1 is 0.698 bits per heavy atom. The van der Waals surface area contributed by atoms with E-state index in [0.717, 1.165) is 45.3 Å². The number of ether oxygens (including phenoxy) is 1. The van der Waals surface area contributed by atoms with Gasteiger partial charge in [-0.25, -0.2) is 39.7 Å². The van der Waals surface area contributed by atoms with Crippen LogP contribution in [-0.2, 0) is 20.7 Å². The largest absolute Gasteiger partial charge is 0.508 e. The van der Waals surface area contributed by atoms with Crippen molar-refractivity contribution in [3.63, 3.8) is 0 Å². The fraction of sp³-hybridized carbons (Fsp3) is 0.250. The molecule has 10 N–H and O–H groups in total. The predicted octanol–water partition coefficient (Wildman–Crippen LogP) is 7.14. The summed E-state index contributed by atoms with van der Waals surface area (Å²) in [7, 11) is 0. The van der Waals surface area contributed by atoms with E-state index in [2.05, 4.69) is 36.2 Å². The molecule has 7 amide bonds. The van der Waals surface area contributed by atoms with Gasteiger partial charge in [-0.3, -0.25) is 28.8 Å². The molecule has 86 heavy (non-hydrogen) atoms. The van der Waals surface area contributed by atoms with E-state index in [-0.39, 0.29) is 58.1 Å². The number of nitrogens with one attached hydrogen (secondary N) is 4. The molecule has 30 heteroatoms. The van der Waals surface area contributed by atoms with Crippen LogP contribution < -0.4 is 32.7 Å². The summed E-state index contributed by atoms with van der Waals surface area (Å²) in [4.78, 5) is 132. The van der Waals surface area contributed by atoms with Gasteiger partial charge in [0.2, 0.25) is 11.8 Å². The molecule has 2 aliphatic heterocycles. The number of primary amides is 2. The number of rotatable bonds is 10. The van der Waals surface area contributed by atoms with Crippen molar-refractivity contribution in [3.8, 4) is 49.1 Å². The average molecular weight is 1270 g/mol. The van der Waals surface area contributed by atoms with Crippen LogP contribution in [0.1, 0.15) is 117 Å². The van der Waals surface area contributed by atoms with Gasteiger partial charge in [-0.1, -0.05) is 49.4 Å². The fourth-order valence-corrected chi connectivity index (χ4v) is 15.1. The van der Waals surface area contributed by atoms with Crippen molar-refractivity contribution in [1.82, 2.24) is 61.1 Å². The third-order valence-corrected chi connectivity index (χ3v) is 19.6. The zero-order valence-electron chi connectivity index (χ0n) is 45.4. The molecular weight excluding hydrogens is 1220 g/mol. The quantitative estimate of drug-likeness (QED) is 0.0674. The number of pyridine rings is 1. The van der Waals surface area contributed by atoms with E-state index < -0.39 is 90.3 Å². The molecule has 7 atom stereocenters. The predicted molar refractivity (Wildman–Crippen MR) is 322 cm³/mol.